The van der Waals surface area contributed by atoms with E-state index in [0.717, 1.165) is 46.4 Å². The average molecular weight is 346 g/mol. The summed E-state index contributed by atoms with van der Waals surface area (Å²) in [6.45, 7) is 2.13. The van der Waals surface area contributed by atoms with Crippen molar-refractivity contribution in [3.05, 3.63) is 66.1 Å². The maximum Gasteiger partial charge on any atom is 0.160 e. The standard InChI is InChI=1S/C21H19FN4/c1-3-7-17-19-20(26(2)25-17)18(14-8-5-4-6-9-14)23-21(24-19)15-10-12-16(22)13-11-15/h4-6,8-13H,3,7H2,1-2H3. The molecule has 4 nitrogen and oxygen atoms in total. The Hall–Kier alpha value is -3.08. The van der Waals surface area contributed by atoms with Crippen LogP contribution in [0.1, 0.15) is 19.0 Å². The zero-order valence-corrected chi connectivity index (χ0v) is 14.8. The third kappa shape index (κ3) is 2.86. The Morgan fingerprint density at radius 2 is 1.65 bits per heavy atom. The van der Waals surface area contributed by atoms with Gasteiger partial charge < -0.3 is 0 Å². The van der Waals surface area contributed by atoms with Crippen molar-refractivity contribution in [3.8, 4) is 22.6 Å². The quantitative estimate of drug-likeness (QED) is 0.534. The number of halogens is 1. The number of nitrogens with zero attached hydrogens (tertiary/aromatic N) is 4. The van der Waals surface area contributed by atoms with E-state index >= 15 is 0 Å². The van der Waals surface area contributed by atoms with Crippen LogP contribution in [0.25, 0.3) is 33.7 Å². The van der Waals surface area contributed by atoms with Crippen LogP contribution < -0.4 is 0 Å². The van der Waals surface area contributed by atoms with Gasteiger partial charge in [-0.3, -0.25) is 4.68 Å². The molecule has 0 amide bonds. The van der Waals surface area contributed by atoms with Gasteiger partial charge in [0, 0.05) is 18.2 Å². The molecule has 4 rings (SSSR count). The second kappa shape index (κ2) is 6.67. The van der Waals surface area contributed by atoms with Gasteiger partial charge in [-0.25, -0.2) is 14.4 Å². The number of hydrogen-bond donors (Lipinski definition) is 0. The van der Waals surface area contributed by atoms with E-state index in [1.165, 1.54) is 12.1 Å². The van der Waals surface area contributed by atoms with E-state index in [9.17, 15) is 4.39 Å². The second-order valence-corrected chi connectivity index (χ2v) is 6.29. The molecule has 0 N–H and O–H groups in total. The fraction of sp³-hybridized carbons (Fsp3) is 0.190. The summed E-state index contributed by atoms with van der Waals surface area (Å²) in [4.78, 5) is 9.59. The zero-order chi connectivity index (χ0) is 18.1. The molecule has 0 atom stereocenters. The van der Waals surface area contributed by atoms with Gasteiger partial charge in [0.15, 0.2) is 5.82 Å². The lowest BCUT2D eigenvalue weighted by molar-refractivity contribution is 0.628. The Balaban J connectivity index is 2.02. The monoisotopic (exact) mass is 346 g/mol. The van der Waals surface area contributed by atoms with Crippen molar-refractivity contribution in [1.29, 1.82) is 0 Å². The summed E-state index contributed by atoms with van der Waals surface area (Å²) in [6.07, 6.45) is 1.84. The molecule has 0 saturated heterocycles. The van der Waals surface area contributed by atoms with Crippen LogP contribution in [-0.4, -0.2) is 19.7 Å². The van der Waals surface area contributed by atoms with Gasteiger partial charge in [-0.2, -0.15) is 5.10 Å². The van der Waals surface area contributed by atoms with E-state index < -0.39 is 0 Å². The molecule has 130 valence electrons. The fourth-order valence-electron chi connectivity index (χ4n) is 3.17. The number of rotatable bonds is 4. The first kappa shape index (κ1) is 16.4. The highest BCUT2D eigenvalue weighted by Crippen LogP contribution is 2.30. The van der Waals surface area contributed by atoms with Crippen LogP contribution in [0.4, 0.5) is 4.39 Å². The second-order valence-electron chi connectivity index (χ2n) is 6.29. The highest BCUT2D eigenvalue weighted by molar-refractivity contribution is 5.92. The van der Waals surface area contributed by atoms with Crippen LogP contribution in [0, 0.1) is 5.82 Å². The molecule has 0 radical (unpaired) electrons. The maximum atomic E-state index is 13.3. The number of fused-ring (bicyclic) bond motifs is 1. The normalized spacial score (nSPS) is 11.2. The molecule has 4 aromatic rings. The topological polar surface area (TPSA) is 43.6 Å². The maximum absolute atomic E-state index is 13.3. The molecule has 0 bridgehead atoms. The van der Waals surface area contributed by atoms with Gasteiger partial charge >= 0.3 is 0 Å². The zero-order valence-electron chi connectivity index (χ0n) is 14.8. The lowest BCUT2D eigenvalue weighted by atomic mass is 10.1. The van der Waals surface area contributed by atoms with Gasteiger partial charge in [-0.05, 0) is 30.7 Å². The van der Waals surface area contributed by atoms with Crippen LogP contribution >= 0.6 is 0 Å². The van der Waals surface area contributed by atoms with Gasteiger partial charge in [0.1, 0.15) is 22.5 Å². The van der Waals surface area contributed by atoms with E-state index in [1.807, 2.05) is 42.1 Å². The molecule has 26 heavy (non-hydrogen) atoms. The number of benzene rings is 2. The third-order valence-corrected chi connectivity index (χ3v) is 4.39. The number of hydrogen-bond acceptors (Lipinski definition) is 3. The summed E-state index contributed by atoms with van der Waals surface area (Å²) in [7, 11) is 1.93. The van der Waals surface area contributed by atoms with Gasteiger partial charge in [-0.1, -0.05) is 43.7 Å². The van der Waals surface area contributed by atoms with Gasteiger partial charge in [-0.15, -0.1) is 0 Å². The first-order valence-corrected chi connectivity index (χ1v) is 8.72. The molecule has 0 aliphatic carbocycles. The summed E-state index contributed by atoms with van der Waals surface area (Å²) >= 11 is 0. The predicted octanol–water partition coefficient (Wildman–Crippen LogP) is 4.79. The van der Waals surface area contributed by atoms with Crippen molar-refractivity contribution in [2.45, 2.75) is 19.8 Å². The molecule has 2 aromatic heterocycles. The van der Waals surface area contributed by atoms with Crippen LogP contribution in [0.15, 0.2) is 54.6 Å². The van der Waals surface area contributed by atoms with Gasteiger partial charge in [0.2, 0.25) is 0 Å². The first-order chi connectivity index (χ1) is 12.7. The van der Waals surface area contributed by atoms with Gasteiger partial charge in [0.25, 0.3) is 0 Å². The minimum Gasteiger partial charge on any atom is -0.264 e. The third-order valence-electron chi connectivity index (χ3n) is 4.39. The predicted molar refractivity (Wildman–Crippen MR) is 101 cm³/mol. The summed E-state index contributed by atoms with van der Waals surface area (Å²) in [5, 5.41) is 4.67. The van der Waals surface area contributed by atoms with Crippen molar-refractivity contribution < 1.29 is 4.39 Å². The number of aryl methyl sites for hydroxylation is 2. The summed E-state index contributed by atoms with van der Waals surface area (Å²) in [6, 6.07) is 16.3. The lowest BCUT2D eigenvalue weighted by Gasteiger charge is -2.08. The summed E-state index contributed by atoms with van der Waals surface area (Å²) in [5.74, 6) is 0.313. The Bertz CT molecular complexity index is 1050. The Labute approximate surface area is 151 Å². The van der Waals surface area contributed by atoms with E-state index in [1.54, 1.807) is 12.1 Å². The van der Waals surface area contributed by atoms with E-state index in [2.05, 4.69) is 12.0 Å². The molecule has 0 aliphatic rings. The van der Waals surface area contributed by atoms with E-state index in [-0.39, 0.29) is 5.82 Å². The Morgan fingerprint density at radius 1 is 0.923 bits per heavy atom. The molecule has 0 aliphatic heterocycles. The highest BCUT2D eigenvalue weighted by Gasteiger charge is 2.18. The van der Waals surface area contributed by atoms with Crippen molar-refractivity contribution >= 4 is 11.0 Å². The first-order valence-electron chi connectivity index (χ1n) is 8.72. The van der Waals surface area contributed by atoms with Crippen molar-refractivity contribution in [1.82, 2.24) is 19.7 Å². The lowest BCUT2D eigenvalue weighted by Crippen LogP contribution is -1.98. The molecular formula is C21H19FN4. The van der Waals surface area contributed by atoms with Crippen LogP contribution in [0.3, 0.4) is 0 Å². The van der Waals surface area contributed by atoms with Crippen molar-refractivity contribution in [2.24, 2.45) is 7.05 Å². The highest BCUT2D eigenvalue weighted by atomic mass is 19.1. The molecule has 2 heterocycles. The number of aromatic nitrogens is 4. The minimum absolute atomic E-state index is 0.272. The van der Waals surface area contributed by atoms with Crippen LogP contribution in [0.5, 0.6) is 0 Å². The van der Waals surface area contributed by atoms with Crippen LogP contribution in [0.2, 0.25) is 0 Å². The van der Waals surface area contributed by atoms with E-state index in [4.69, 9.17) is 9.97 Å². The smallest absolute Gasteiger partial charge is 0.160 e. The SMILES string of the molecule is CCCc1nn(C)c2c(-c3ccccc3)nc(-c3ccc(F)cc3)nc12. The van der Waals surface area contributed by atoms with Crippen molar-refractivity contribution in [2.75, 3.05) is 0 Å². The molecule has 0 spiro atoms. The molecule has 0 saturated carbocycles. The molecule has 0 fully saturated rings. The van der Waals surface area contributed by atoms with Crippen molar-refractivity contribution in [3.63, 3.8) is 0 Å². The molecular weight excluding hydrogens is 327 g/mol. The fourth-order valence-corrected chi connectivity index (χ4v) is 3.17. The summed E-state index contributed by atoms with van der Waals surface area (Å²) < 4.78 is 15.2. The minimum atomic E-state index is -0.272. The van der Waals surface area contributed by atoms with E-state index in [0.29, 0.717) is 5.82 Å². The average Bonchev–Trinajstić information content (AvgIpc) is 2.98. The molecule has 5 heteroatoms. The molecule has 2 aromatic carbocycles. The summed E-state index contributed by atoms with van der Waals surface area (Å²) in [5.41, 5.74) is 5.39. The largest absolute Gasteiger partial charge is 0.264 e. The Morgan fingerprint density at radius 3 is 2.35 bits per heavy atom. The van der Waals surface area contributed by atoms with Gasteiger partial charge in [0.05, 0.1) is 5.69 Å². The van der Waals surface area contributed by atoms with Crippen LogP contribution in [-0.2, 0) is 13.5 Å². The Kier molecular flexibility index (Phi) is 4.21. The molecule has 0 unspecified atom stereocenters.